The molecular weight excluding hydrogens is 380 g/mol. The number of hydrogen-bond donors (Lipinski definition) is 3. The highest BCUT2D eigenvalue weighted by molar-refractivity contribution is 6.22. The van der Waals surface area contributed by atoms with Crippen LogP contribution in [-0.2, 0) is 4.79 Å². The first-order chi connectivity index (χ1) is 14.3. The zero-order valence-electron chi connectivity index (χ0n) is 18.1. The minimum Gasteiger partial charge on any atom is -0.395 e. The van der Waals surface area contributed by atoms with Crippen LogP contribution in [0.2, 0.25) is 0 Å². The van der Waals surface area contributed by atoms with Gasteiger partial charge in [-0.3, -0.25) is 4.79 Å². The molecule has 3 N–H and O–H groups in total. The topological polar surface area (TPSA) is 91.0 Å². The van der Waals surface area contributed by atoms with Gasteiger partial charge in [0.2, 0.25) is 0 Å². The number of nitrogens with zero attached hydrogens (tertiary/aromatic N) is 4. The van der Waals surface area contributed by atoms with Gasteiger partial charge in [0, 0.05) is 31.8 Å². The van der Waals surface area contributed by atoms with Gasteiger partial charge in [-0.15, -0.1) is 5.10 Å². The molecule has 2 aromatic rings. The molecule has 0 unspecified atom stereocenters. The van der Waals surface area contributed by atoms with Gasteiger partial charge in [-0.05, 0) is 30.7 Å². The van der Waals surface area contributed by atoms with Gasteiger partial charge in [-0.2, -0.15) is 0 Å². The molecule has 160 valence electrons. The quantitative estimate of drug-likeness (QED) is 0.333. The summed E-state index contributed by atoms with van der Waals surface area (Å²) in [5.74, 6) is 0.646. The van der Waals surface area contributed by atoms with Crippen LogP contribution in [0.1, 0.15) is 13.3 Å². The number of ketones is 1. The maximum absolute atomic E-state index is 12.1. The van der Waals surface area contributed by atoms with Gasteiger partial charge in [0.1, 0.15) is 5.69 Å². The second kappa shape index (κ2) is 9.23. The monoisotopic (exact) mass is 411 g/mol. The molecule has 0 spiro atoms. The second-order valence-electron chi connectivity index (χ2n) is 8.42. The number of rotatable bonds is 9. The fourth-order valence-corrected chi connectivity index (χ4v) is 3.19. The lowest BCUT2D eigenvalue weighted by Gasteiger charge is -2.23. The molecular formula is C22H31N6O2+. The average molecular weight is 412 g/mol. The first-order valence-electron chi connectivity index (χ1n) is 10.2. The van der Waals surface area contributed by atoms with E-state index in [1.54, 1.807) is 17.5 Å². The lowest BCUT2D eigenvalue weighted by Crippen LogP contribution is -2.36. The molecule has 0 fully saturated rings. The molecule has 0 amide bonds. The number of aliphatic hydroxyl groups excluding tert-OH is 1. The van der Waals surface area contributed by atoms with Crippen LogP contribution in [0.3, 0.4) is 0 Å². The Morgan fingerprint density at radius 3 is 2.70 bits per heavy atom. The Bertz CT molecular complexity index is 1010. The Morgan fingerprint density at radius 1 is 1.17 bits per heavy atom. The summed E-state index contributed by atoms with van der Waals surface area (Å²) in [7, 11) is 6.53. The summed E-state index contributed by atoms with van der Waals surface area (Å²) in [5.41, 5.74) is 3.48. The normalized spacial score (nSPS) is 16.0. The van der Waals surface area contributed by atoms with E-state index in [1.807, 2.05) is 24.4 Å². The summed E-state index contributed by atoms with van der Waals surface area (Å²) in [5, 5.41) is 20.3. The molecule has 1 aliphatic carbocycles. The number of allylic oxidation sites excluding steroid dienone is 3. The van der Waals surface area contributed by atoms with E-state index in [0.717, 1.165) is 35.2 Å². The lowest BCUT2D eigenvalue weighted by atomic mass is 10.0. The predicted octanol–water partition coefficient (Wildman–Crippen LogP) is 1.91. The van der Waals surface area contributed by atoms with E-state index in [1.165, 1.54) is 6.08 Å². The van der Waals surface area contributed by atoms with Gasteiger partial charge in [0.15, 0.2) is 11.6 Å². The molecule has 0 aliphatic heterocycles. The highest BCUT2D eigenvalue weighted by Gasteiger charge is 2.19. The zero-order chi connectivity index (χ0) is 21.7. The van der Waals surface area contributed by atoms with Gasteiger partial charge in [-0.1, -0.05) is 6.07 Å². The molecule has 0 atom stereocenters. The van der Waals surface area contributed by atoms with Crippen molar-refractivity contribution < 1.29 is 14.4 Å². The Labute approximate surface area is 177 Å². The summed E-state index contributed by atoms with van der Waals surface area (Å²) in [6.45, 7) is 3.92. The number of pyridine rings is 1. The van der Waals surface area contributed by atoms with Gasteiger partial charge in [0.05, 0.1) is 51.2 Å². The molecule has 30 heavy (non-hydrogen) atoms. The molecule has 0 saturated heterocycles. The van der Waals surface area contributed by atoms with Crippen LogP contribution in [0, 0.1) is 0 Å². The number of quaternary nitrogens is 1. The second-order valence-corrected chi connectivity index (χ2v) is 8.42. The van der Waals surface area contributed by atoms with Crippen molar-refractivity contribution in [3.63, 3.8) is 0 Å². The van der Waals surface area contributed by atoms with Crippen molar-refractivity contribution >= 4 is 28.5 Å². The van der Waals surface area contributed by atoms with Crippen LogP contribution in [-0.4, -0.2) is 78.1 Å². The summed E-state index contributed by atoms with van der Waals surface area (Å²) in [4.78, 5) is 17.0. The van der Waals surface area contributed by atoms with Crippen LogP contribution in [0.15, 0.2) is 52.8 Å². The molecule has 0 saturated carbocycles. The molecule has 8 nitrogen and oxygen atoms in total. The number of carbonyl (C=O) groups excluding carboxylic acids is 1. The fraction of sp³-hybridized carbons (Fsp3) is 0.409. The van der Waals surface area contributed by atoms with E-state index in [9.17, 15) is 4.79 Å². The molecule has 1 aliphatic rings. The Hall–Kier alpha value is -2.97. The van der Waals surface area contributed by atoms with E-state index in [4.69, 9.17) is 10.1 Å². The number of hydrogen-bond acceptors (Lipinski definition) is 6. The Balaban J connectivity index is 1.95. The molecule has 0 bridgehead atoms. The standard InChI is InChI=1S/C22H30N6O2/c1-16-14-18(17(15-20(16)30)23-10-13-29)25-21-19-8-5-6-11-27(19)26-22(21)24-9-7-12-28(2,3)4/h5-6,8,11,14-15,29H,7,9-10,12-13H2,1-4H3,(H-,23,24,26,30)/p+1/b25-18+. The SMILES string of the molecule is CC1=C/C(=N\c2c(NCCC[N+](C)(C)C)nn3ccccc23)C(NCCO)=CC1=O. The number of nitrogens with one attached hydrogen (secondary N) is 2. The van der Waals surface area contributed by atoms with Gasteiger partial charge in [0.25, 0.3) is 0 Å². The van der Waals surface area contributed by atoms with E-state index >= 15 is 0 Å². The highest BCUT2D eigenvalue weighted by Crippen LogP contribution is 2.31. The third-order valence-corrected chi connectivity index (χ3v) is 4.76. The smallest absolute Gasteiger partial charge is 0.183 e. The van der Waals surface area contributed by atoms with Crippen molar-refractivity contribution in [2.75, 3.05) is 52.7 Å². The number of aliphatic hydroxyl groups is 1. The molecule has 8 heteroatoms. The van der Waals surface area contributed by atoms with E-state index in [2.05, 4.69) is 36.9 Å². The first-order valence-corrected chi connectivity index (χ1v) is 10.2. The van der Waals surface area contributed by atoms with Crippen molar-refractivity contribution in [1.82, 2.24) is 14.9 Å². The number of aliphatic imine (C=N–C) groups is 1. The van der Waals surface area contributed by atoms with E-state index in [-0.39, 0.29) is 12.4 Å². The predicted molar refractivity (Wildman–Crippen MR) is 120 cm³/mol. The fourth-order valence-electron chi connectivity index (χ4n) is 3.19. The van der Waals surface area contributed by atoms with Crippen molar-refractivity contribution in [3.05, 3.63) is 47.8 Å². The molecule has 0 aromatic carbocycles. The summed E-state index contributed by atoms with van der Waals surface area (Å²) >= 11 is 0. The minimum absolute atomic E-state index is 0.0304. The molecule has 2 heterocycles. The maximum Gasteiger partial charge on any atom is 0.183 e. The van der Waals surface area contributed by atoms with E-state index < -0.39 is 0 Å². The minimum atomic E-state index is -0.0621. The van der Waals surface area contributed by atoms with Crippen molar-refractivity contribution in [3.8, 4) is 0 Å². The largest absolute Gasteiger partial charge is 0.395 e. The number of anilines is 1. The summed E-state index contributed by atoms with van der Waals surface area (Å²) in [6, 6.07) is 5.85. The third kappa shape index (κ3) is 5.34. The van der Waals surface area contributed by atoms with Crippen LogP contribution in [0.25, 0.3) is 5.52 Å². The van der Waals surface area contributed by atoms with Gasteiger partial charge >= 0.3 is 0 Å². The summed E-state index contributed by atoms with van der Waals surface area (Å²) in [6.07, 6.45) is 6.20. The summed E-state index contributed by atoms with van der Waals surface area (Å²) < 4.78 is 2.71. The van der Waals surface area contributed by atoms with E-state index in [0.29, 0.717) is 29.3 Å². The molecule has 0 radical (unpaired) electrons. The van der Waals surface area contributed by atoms with Crippen LogP contribution < -0.4 is 10.6 Å². The van der Waals surface area contributed by atoms with Crippen molar-refractivity contribution in [2.45, 2.75) is 13.3 Å². The lowest BCUT2D eigenvalue weighted by molar-refractivity contribution is -0.870. The van der Waals surface area contributed by atoms with Gasteiger partial charge < -0.3 is 20.2 Å². The first kappa shape index (κ1) is 21.7. The maximum atomic E-state index is 12.1. The van der Waals surface area contributed by atoms with Crippen molar-refractivity contribution in [2.24, 2.45) is 4.99 Å². The highest BCUT2D eigenvalue weighted by atomic mass is 16.3. The third-order valence-electron chi connectivity index (χ3n) is 4.76. The number of fused-ring (bicyclic) bond motifs is 1. The molecule has 3 rings (SSSR count). The average Bonchev–Trinajstić information content (AvgIpc) is 3.03. The van der Waals surface area contributed by atoms with Gasteiger partial charge in [-0.25, -0.2) is 9.51 Å². The number of aromatic nitrogens is 2. The number of carbonyl (C=O) groups is 1. The Kier molecular flexibility index (Phi) is 6.69. The zero-order valence-corrected chi connectivity index (χ0v) is 18.1. The van der Waals surface area contributed by atoms with Crippen LogP contribution >= 0.6 is 0 Å². The van der Waals surface area contributed by atoms with Crippen LogP contribution in [0.4, 0.5) is 11.5 Å². The molecule has 2 aromatic heterocycles. The van der Waals surface area contributed by atoms with Crippen molar-refractivity contribution in [1.29, 1.82) is 0 Å². The Morgan fingerprint density at radius 2 is 1.97 bits per heavy atom. The van der Waals surface area contributed by atoms with Crippen LogP contribution in [0.5, 0.6) is 0 Å².